The zero-order valence-electron chi connectivity index (χ0n) is 13.7. The summed E-state index contributed by atoms with van der Waals surface area (Å²) in [4.78, 5) is 8.82. The van der Waals surface area contributed by atoms with Crippen LogP contribution in [0.5, 0.6) is 17.5 Å². The molecule has 1 aromatic heterocycles. The van der Waals surface area contributed by atoms with Gasteiger partial charge in [-0.1, -0.05) is 17.7 Å². The van der Waals surface area contributed by atoms with Gasteiger partial charge in [-0.2, -0.15) is 9.97 Å². The van der Waals surface area contributed by atoms with Crippen LogP contribution in [-0.2, 0) is 6.42 Å². The Morgan fingerprint density at radius 2 is 2.00 bits per heavy atom. The van der Waals surface area contributed by atoms with Crippen LogP contribution in [0.25, 0.3) is 10.9 Å². The molecule has 1 aliphatic heterocycles. The molecule has 0 aliphatic carbocycles. The highest BCUT2D eigenvalue weighted by Gasteiger charge is 2.17. The molecule has 3 N–H and O–H groups in total. The van der Waals surface area contributed by atoms with Gasteiger partial charge >= 0.3 is 6.01 Å². The highest BCUT2D eigenvalue weighted by Crippen LogP contribution is 2.35. The summed E-state index contributed by atoms with van der Waals surface area (Å²) < 4.78 is 16.2. The molecule has 0 spiro atoms. The van der Waals surface area contributed by atoms with Crippen LogP contribution < -0.4 is 19.9 Å². The lowest BCUT2D eigenvalue weighted by Gasteiger charge is -2.12. The van der Waals surface area contributed by atoms with Gasteiger partial charge in [0.25, 0.3) is 0 Å². The van der Waals surface area contributed by atoms with E-state index in [0.29, 0.717) is 39.5 Å². The third kappa shape index (κ3) is 3.07. The minimum atomic E-state index is -0.123. The Labute approximate surface area is 154 Å². The van der Waals surface area contributed by atoms with E-state index >= 15 is 0 Å². The maximum absolute atomic E-state index is 8.97. The number of ether oxygens (including phenoxy) is 3. The molecule has 1 aliphatic rings. The number of rotatable bonds is 5. The van der Waals surface area contributed by atoms with E-state index in [4.69, 9.17) is 36.7 Å². The fraction of sp³-hybridized carbons (Fsp3) is 0.222. The smallest absolute Gasteiger partial charge is 0.317 e. The van der Waals surface area contributed by atoms with Crippen LogP contribution in [0.2, 0.25) is 5.02 Å². The van der Waals surface area contributed by atoms with Gasteiger partial charge in [0.1, 0.15) is 6.61 Å². The van der Waals surface area contributed by atoms with Gasteiger partial charge in [0.05, 0.1) is 28.5 Å². The standard InChI is InChI=1S/C18H16ClN3O4/c19-11-2-3-12-16(17(11)20)13(22-18(21-12)24-6-5-23)7-10-1-4-14-15(8-10)26-9-25-14/h1-4,8,23H,5-7,9,20H2. The molecule has 134 valence electrons. The number of anilines is 1. The number of halogens is 1. The predicted octanol–water partition coefficient (Wildman–Crippen LogP) is 2.56. The van der Waals surface area contributed by atoms with Crippen molar-refractivity contribution in [2.75, 3.05) is 25.7 Å². The number of nitrogen functional groups attached to an aromatic ring is 1. The molecule has 7 nitrogen and oxygen atoms in total. The molecule has 0 saturated carbocycles. The van der Waals surface area contributed by atoms with Gasteiger partial charge in [-0.15, -0.1) is 0 Å². The average Bonchev–Trinajstić information content (AvgIpc) is 3.10. The maximum Gasteiger partial charge on any atom is 0.317 e. The van der Waals surface area contributed by atoms with Crippen LogP contribution in [0.3, 0.4) is 0 Å². The maximum atomic E-state index is 8.97. The van der Waals surface area contributed by atoms with Crippen LogP contribution in [-0.4, -0.2) is 35.1 Å². The highest BCUT2D eigenvalue weighted by atomic mass is 35.5. The summed E-state index contributed by atoms with van der Waals surface area (Å²) in [5.41, 5.74) is 8.89. The number of aromatic nitrogens is 2. The fourth-order valence-electron chi connectivity index (χ4n) is 2.85. The molecule has 0 radical (unpaired) electrons. The number of aliphatic hydroxyl groups is 1. The summed E-state index contributed by atoms with van der Waals surface area (Å²) in [6.07, 6.45) is 0.482. The number of fused-ring (bicyclic) bond motifs is 2. The van der Waals surface area contributed by atoms with Crippen molar-refractivity contribution in [3.8, 4) is 17.5 Å². The summed E-state index contributed by atoms with van der Waals surface area (Å²) in [5, 5.41) is 10.1. The van der Waals surface area contributed by atoms with E-state index in [1.165, 1.54) is 0 Å². The van der Waals surface area contributed by atoms with Crippen molar-refractivity contribution in [1.29, 1.82) is 0 Å². The van der Waals surface area contributed by atoms with Gasteiger partial charge in [-0.25, -0.2) is 0 Å². The van der Waals surface area contributed by atoms with Crippen LogP contribution in [0.15, 0.2) is 30.3 Å². The Morgan fingerprint density at radius 3 is 2.85 bits per heavy atom. The van der Waals surface area contributed by atoms with Crippen molar-refractivity contribution < 1.29 is 19.3 Å². The number of aliphatic hydroxyl groups excluding tert-OH is 1. The first-order chi connectivity index (χ1) is 12.7. The minimum absolute atomic E-state index is 0.109. The molecule has 0 saturated heterocycles. The Balaban J connectivity index is 1.79. The monoisotopic (exact) mass is 373 g/mol. The topological polar surface area (TPSA) is 99.7 Å². The van der Waals surface area contributed by atoms with Gasteiger partial charge in [-0.05, 0) is 29.8 Å². The first-order valence-corrected chi connectivity index (χ1v) is 8.40. The Morgan fingerprint density at radius 1 is 1.15 bits per heavy atom. The second-order valence-corrected chi connectivity index (χ2v) is 6.15. The average molecular weight is 374 g/mol. The number of hydrogen-bond acceptors (Lipinski definition) is 7. The zero-order chi connectivity index (χ0) is 18.1. The quantitative estimate of drug-likeness (QED) is 0.663. The van der Waals surface area contributed by atoms with E-state index in [1.54, 1.807) is 12.1 Å². The van der Waals surface area contributed by atoms with Crippen molar-refractivity contribution in [1.82, 2.24) is 9.97 Å². The van der Waals surface area contributed by atoms with Crippen LogP contribution >= 0.6 is 11.6 Å². The molecule has 26 heavy (non-hydrogen) atoms. The molecule has 0 fully saturated rings. The number of hydrogen-bond donors (Lipinski definition) is 2. The lowest BCUT2D eigenvalue weighted by atomic mass is 10.0. The summed E-state index contributed by atoms with van der Waals surface area (Å²) in [6.45, 7) is 0.205. The van der Waals surface area contributed by atoms with Crippen LogP contribution in [0.1, 0.15) is 11.3 Å². The molecular weight excluding hydrogens is 358 g/mol. The lowest BCUT2D eigenvalue weighted by Crippen LogP contribution is -2.08. The Hall–Kier alpha value is -2.77. The third-order valence-corrected chi connectivity index (χ3v) is 4.37. The second kappa shape index (κ2) is 6.86. The SMILES string of the molecule is Nc1c(Cl)ccc2nc(OCCO)nc(Cc3ccc4c(c3)OCO4)c12. The van der Waals surface area contributed by atoms with Crippen molar-refractivity contribution in [3.63, 3.8) is 0 Å². The lowest BCUT2D eigenvalue weighted by molar-refractivity contribution is 0.174. The van der Waals surface area contributed by atoms with Gasteiger partial charge in [0.2, 0.25) is 6.79 Å². The van der Waals surface area contributed by atoms with E-state index in [9.17, 15) is 0 Å². The van der Waals surface area contributed by atoms with Gasteiger partial charge < -0.3 is 25.1 Å². The largest absolute Gasteiger partial charge is 0.461 e. The molecule has 0 amide bonds. The predicted molar refractivity (Wildman–Crippen MR) is 96.9 cm³/mol. The number of nitrogens with zero attached hydrogens (tertiary/aromatic N) is 2. The third-order valence-electron chi connectivity index (χ3n) is 4.04. The molecule has 2 heterocycles. The summed E-state index contributed by atoms with van der Waals surface area (Å²) in [6, 6.07) is 9.35. The molecule has 8 heteroatoms. The Kier molecular flexibility index (Phi) is 4.40. The van der Waals surface area contributed by atoms with E-state index in [-0.39, 0.29) is 26.0 Å². The van der Waals surface area contributed by atoms with Crippen molar-refractivity contribution >= 4 is 28.2 Å². The van der Waals surface area contributed by atoms with Crippen molar-refractivity contribution in [2.45, 2.75) is 6.42 Å². The van der Waals surface area contributed by atoms with Gasteiger partial charge in [-0.3, -0.25) is 0 Å². The summed E-state index contributed by atoms with van der Waals surface area (Å²) in [7, 11) is 0. The van der Waals surface area contributed by atoms with E-state index in [1.807, 2.05) is 18.2 Å². The van der Waals surface area contributed by atoms with E-state index in [2.05, 4.69) is 9.97 Å². The zero-order valence-corrected chi connectivity index (χ0v) is 14.5. The molecule has 0 bridgehead atoms. The minimum Gasteiger partial charge on any atom is -0.461 e. The van der Waals surface area contributed by atoms with E-state index < -0.39 is 0 Å². The molecule has 2 aromatic carbocycles. The van der Waals surface area contributed by atoms with Crippen LogP contribution in [0, 0.1) is 0 Å². The number of benzene rings is 2. The van der Waals surface area contributed by atoms with Crippen molar-refractivity contribution in [3.05, 3.63) is 46.6 Å². The fourth-order valence-corrected chi connectivity index (χ4v) is 3.01. The Bertz CT molecular complexity index is 980. The molecule has 0 unspecified atom stereocenters. The molecule has 0 atom stereocenters. The molecule has 3 aromatic rings. The van der Waals surface area contributed by atoms with Crippen LogP contribution in [0.4, 0.5) is 5.69 Å². The van der Waals surface area contributed by atoms with E-state index in [0.717, 1.165) is 11.3 Å². The highest BCUT2D eigenvalue weighted by molar-refractivity contribution is 6.34. The normalized spacial score (nSPS) is 12.5. The second-order valence-electron chi connectivity index (χ2n) is 5.74. The summed E-state index contributed by atoms with van der Waals surface area (Å²) >= 11 is 6.18. The van der Waals surface area contributed by atoms with Crippen molar-refractivity contribution in [2.24, 2.45) is 0 Å². The van der Waals surface area contributed by atoms with Gasteiger partial charge in [0, 0.05) is 11.8 Å². The number of nitrogens with two attached hydrogens (primary N) is 1. The van der Waals surface area contributed by atoms with Gasteiger partial charge in [0.15, 0.2) is 11.5 Å². The first-order valence-electron chi connectivity index (χ1n) is 8.02. The molecular formula is C18H16ClN3O4. The molecule has 4 rings (SSSR count). The first kappa shape index (κ1) is 16.7. The summed E-state index contributed by atoms with van der Waals surface area (Å²) in [5.74, 6) is 1.42.